The van der Waals surface area contributed by atoms with Crippen LogP contribution in [0.4, 0.5) is 0 Å². The first kappa shape index (κ1) is 18.9. The maximum atomic E-state index is 10.4. The molecule has 2 rings (SSSR count). The summed E-state index contributed by atoms with van der Waals surface area (Å²) in [5, 5.41) is 3.80. The van der Waals surface area contributed by atoms with Gasteiger partial charge in [0.1, 0.15) is 21.2 Å². The summed E-state index contributed by atoms with van der Waals surface area (Å²) in [5.74, 6) is 0. The van der Waals surface area contributed by atoms with Gasteiger partial charge in [-0.15, -0.1) is 22.7 Å². The number of nitrogens with zero attached hydrogens (tertiary/aromatic N) is 2. The summed E-state index contributed by atoms with van der Waals surface area (Å²) >= 11 is 2.98. The van der Waals surface area contributed by atoms with Gasteiger partial charge in [-0.05, 0) is 27.7 Å². The molecule has 2 aromatic rings. The summed E-state index contributed by atoms with van der Waals surface area (Å²) in [7, 11) is 3.32. The SMILES string of the molecule is COC(C)(C)c1ncc(C=O)s1.COC(C)(C)c1nccs1. The number of carbonyl (C=O) groups is 1. The third kappa shape index (κ3) is 4.95. The van der Waals surface area contributed by atoms with Crippen molar-refractivity contribution in [3.63, 3.8) is 0 Å². The minimum atomic E-state index is -0.397. The Balaban J connectivity index is 0.000000224. The molecule has 0 bridgehead atoms. The summed E-state index contributed by atoms with van der Waals surface area (Å²) in [4.78, 5) is 19.2. The van der Waals surface area contributed by atoms with Gasteiger partial charge >= 0.3 is 0 Å². The Hall–Kier alpha value is -1.15. The van der Waals surface area contributed by atoms with E-state index in [1.165, 1.54) is 11.3 Å². The molecule has 0 unspecified atom stereocenters. The molecule has 5 nitrogen and oxygen atoms in total. The van der Waals surface area contributed by atoms with Crippen LogP contribution in [-0.4, -0.2) is 30.5 Å². The van der Waals surface area contributed by atoms with Gasteiger partial charge in [-0.1, -0.05) is 0 Å². The second kappa shape index (κ2) is 7.92. The number of methoxy groups -OCH3 is 2. The van der Waals surface area contributed by atoms with Crippen molar-refractivity contribution in [1.82, 2.24) is 9.97 Å². The average Bonchev–Trinajstić information content (AvgIpc) is 3.19. The molecule has 0 radical (unpaired) electrons. The first-order valence-electron chi connectivity index (χ1n) is 6.68. The molecule has 0 amide bonds. The van der Waals surface area contributed by atoms with Crippen LogP contribution in [-0.2, 0) is 20.7 Å². The number of aldehydes is 1. The van der Waals surface area contributed by atoms with Gasteiger partial charge in [0.05, 0.1) is 4.88 Å². The number of rotatable bonds is 5. The molecule has 2 aromatic heterocycles. The van der Waals surface area contributed by atoms with E-state index in [-0.39, 0.29) is 5.60 Å². The maximum absolute atomic E-state index is 10.4. The molecular weight excluding hydrogens is 320 g/mol. The van der Waals surface area contributed by atoms with Crippen LogP contribution < -0.4 is 0 Å². The highest BCUT2D eigenvalue weighted by Crippen LogP contribution is 2.27. The molecule has 0 aromatic carbocycles. The molecule has 0 N–H and O–H groups in total. The highest BCUT2D eigenvalue weighted by molar-refractivity contribution is 7.13. The number of hydrogen-bond donors (Lipinski definition) is 0. The first-order valence-corrected chi connectivity index (χ1v) is 8.38. The predicted molar refractivity (Wildman–Crippen MR) is 89.7 cm³/mol. The monoisotopic (exact) mass is 342 g/mol. The van der Waals surface area contributed by atoms with Gasteiger partial charge in [0.25, 0.3) is 0 Å². The van der Waals surface area contributed by atoms with E-state index < -0.39 is 5.60 Å². The first-order chi connectivity index (χ1) is 10.3. The van der Waals surface area contributed by atoms with Crippen molar-refractivity contribution >= 4 is 29.0 Å². The van der Waals surface area contributed by atoms with Crippen molar-refractivity contribution in [1.29, 1.82) is 0 Å². The smallest absolute Gasteiger partial charge is 0.161 e. The van der Waals surface area contributed by atoms with Crippen LogP contribution >= 0.6 is 22.7 Å². The van der Waals surface area contributed by atoms with E-state index in [1.807, 2.05) is 33.1 Å². The molecule has 0 saturated heterocycles. The van der Waals surface area contributed by atoms with Gasteiger partial charge < -0.3 is 9.47 Å². The Morgan fingerprint density at radius 3 is 2.05 bits per heavy atom. The highest BCUT2D eigenvalue weighted by Gasteiger charge is 2.23. The van der Waals surface area contributed by atoms with Crippen molar-refractivity contribution < 1.29 is 14.3 Å². The lowest BCUT2D eigenvalue weighted by Crippen LogP contribution is -2.18. The summed E-state index contributed by atoms with van der Waals surface area (Å²) in [6.07, 6.45) is 4.15. The molecule has 2 heterocycles. The molecule has 122 valence electrons. The molecular formula is C15H22N2O3S2. The summed E-state index contributed by atoms with van der Waals surface area (Å²) in [6, 6.07) is 0. The maximum Gasteiger partial charge on any atom is 0.161 e. The molecule has 0 saturated carbocycles. The number of thiazole rings is 2. The fourth-order valence-corrected chi connectivity index (χ4v) is 2.87. The van der Waals surface area contributed by atoms with E-state index in [1.54, 1.807) is 38.0 Å². The number of carbonyl (C=O) groups excluding carboxylic acids is 1. The molecule has 0 spiro atoms. The summed E-state index contributed by atoms with van der Waals surface area (Å²) in [6.45, 7) is 7.85. The largest absolute Gasteiger partial charge is 0.372 e. The van der Waals surface area contributed by atoms with E-state index in [4.69, 9.17) is 9.47 Å². The molecule has 0 atom stereocenters. The van der Waals surface area contributed by atoms with Gasteiger partial charge in [-0.2, -0.15) is 0 Å². The van der Waals surface area contributed by atoms with Crippen molar-refractivity contribution in [2.75, 3.05) is 14.2 Å². The van der Waals surface area contributed by atoms with Gasteiger partial charge in [-0.3, -0.25) is 4.79 Å². The molecule has 0 aliphatic rings. The van der Waals surface area contributed by atoms with Crippen LogP contribution in [0.2, 0.25) is 0 Å². The summed E-state index contributed by atoms with van der Waals surface area (Å²) < 4.78 is 10.4. The van der Waals surface area contributed by atoms with Gasteiger partial charge in [0.15, 0.2) is 6.29 Å². The third-order valence-corrected chi connectivity index (χ3v) is 5.43. The van der Waals surface area contributed by atoms with Crippen LogP contribution in [0, 0.1) is 0 Å². The zero-order valence-corrected chi connectivity index (χ0v) is 15.4. The lowest BCUT2D eigenvalue weighted by molar-refractivity contribution is 0.0188. The quantitative estimate of drug-likeness (QED) is 0.772. The predicted octanol–water partition coefficient (Wildman–Crippen LogP) is 3.86. The highest BCUT2D eigenvalue weighted by atomic mass is 32.1. The van der Waals surface area contributed by atoms with E-state index in [0.29, 0.717) is 4.88 Å². The average molecular weight is 342 g/mol. The van der Waals surface area contributed by atoms with Crippen molar-refractivity contribution in [3.05, 3.63) is 32.7 Å². The van der Waals surface area contributed by atoms with Crippen LogP contribution in [0.5, 0.6) is 0 Å². The van der Waals surface area contributed by atoms with E-state index in [2.05, 4.69) is 9.97 Å². The Kier molecular flexibility index (Phi) is 6.80. The van der Waals surface area contributed by atoms with Gasteiger partial charge in [0, 0.05) is 32.0 Å². The van der Waals surface area contributed by atoms with Crippen LogP contribution in [0.25, 0.3) is 0 Å². The molecule has 0 aliphatic carbocycles. The number of aromatic nitrogens is 2. The van der Waals surface area contributed by atoms with Crippen LogP contribution in [0.3, 0.4) is 0 Å². The van der Waals surface area contributed by atoms with E-state index in [9.17, 15) is 4.79 Å². The minimum Gasteiger partial charge on any atom is -0.372 e. The topological polar surface area (TPSA) is 61.3 Å². The Bertz CT molecular complexity index is 577. The fourth-order valence-electron chi connectivity index (χ4n) is 1.31. The molecule has 0 aliphatic heterocycles. The number of ether oxygens (including phenoxy) is 2. The van der Waals surface area contributed by atoms with E-state index in [0.717, 1.165) is 16.3 Å². The lowest BCUT2D eigenvalue weighted by atomic mass is 10.1. The van der Waals surface area contributed by atoms with Crippen LogP contribution in [0.1, 0.15) is 47.4 Å². The Morgan fingerprint density at radius 2 is 1.64 bits per heavy atom. The molecule has 7 heteroatoms. The van der Waals surface area contributed by atoms with Crippen LogP contribution in [0.15, 0.2) is 17.8 Å². The standard InChI is InChI=1S/C8H11NO2S.C7H11NOS/c1-8(2,11-3)7-9-4-6(5-10)12-7;1-7(2,9-3)6-8-4-5-10-6/h4-5H,1-3H3;4-5H,1-3H3. The minimum absolute atomic E-state index is 0.228. The third-order valence-electron chi connectivity index (χ3n) is 3.12. The fraction of sp³-hybridized carbons (Fsp3) is 0.533. The Labute approximate surface area is 139 Å². The number of hydrogen-bond acceptors (Lipinski definition) is 7. The van der Waals surface area contributed by atoms with Crippen molar-refractivity contribution in [2.45, 2.75) is 38.9 Å². The molecule has 0 fully saturated rings. The summed E-state index contributed by atoms with van der Waals surface area (Å²) in [5.41, 5.74) is -0.625. The second-order valence-electron chi connectivity index (χ2n) is 5.45. The lowest BCUT2D eigenvalue weighted by Gasteiger charge is -2.19. The van der Waals surface area contributed by atoms with Crippen molar-refractivity contribution in [2.24, 2.45) is 0 Å². The Morgan fingerprint density at radius 1 is 1.05 bits per heavy atom. The second-order valence-corrected chi connectivity index (χ2v) is 7.41. The molecule has 22 heavy (non-hydrogen) atoms. The van der Waals surface area contributed by atoms with Gasteiger partial charge in [0.2, 0.25) is 0 Å². The van der Waals surface area contributed by atoms with Gasteiger partial charge in [-0.25, -0.2) is 9.97 Å². The normalized spacial score (nSPS) is 11.7. The zero-order chi connectivity index (χ0) is 16.8. The van der Waals surface area contributed by atoms with E-state index >= 15 is 0 Å². The zero-order valence-electron chi connectivity index (χ0n) is 13.7. The van der Waals surface area contributed by atoms with Crippen molar-refractivity contribution in [3.8, 4) is 0 Å².